The van der Waals surface area contributed by atoms with Gasteiger partial charge in [0, 0.05) is 12.2 Å². The van der Waals surface area contributed by atoms with Crippen molar-refractivity contribution < 1.29 is 9.13 Å². The number of anilines is 1. The first-order valence-corrected chi connectivity index (χ1v) is 7.29. The van der Waals surface area contributed by atoms with Gasteiger partial charge in [-0.05, 0) is 48.2 Å². The van der Waals surface area contributed by atoms with Gasteiger partial charge >= 0.3 is 0 Å². The zero-order chi connectivity index (χ0) is 15.2. The maximum atomic E-state index is 13.1. The Morgan fingerprint density at radius 1 is 1.14 bits per heavy atom. The second kappa shape index (κ2) is 7.11. The molecular weight excluding hydrogens is 265 g/mol. The summed E-state index contributed by atoms with van der Waals surface area (Å²) in [7, 11) is 0. The highest BCUT2D eigenvalue weighted by molar-refractivity contribution is 5.43. The van der Waals surface area contributed by atoms with E-state index in [4.69, 9.17) is 4.74 Å². The van der Waals surface area contributed by atoms with E-state index >= 15 is 0 Å². The Hall–Kier alpha value is -2.03. The molecule has 2 nitrogen and oxygen atoms in total. The second-order valence-electron chi connectivity index (χ2n) is 5.48. The molecule has 0 amide bonds. The second-order valence-corrected chi connectivity index (χ2v) is 5.48. The maximum absolute atomic E-state index is 13.1. The van der Waals surface area contributed by atoms with Gasteiger partial charge in [0.2, 0.25) is 0 Å². The van der Waals surface area contributed by atoms with E-state index in [-0.39, 0.29) is 5.82 Å². The predicted molar refractivity (Wildman–Crippen MR) is 85.7 cm³/mol. The van der Waals surface area contributed by atoms with Gasteiger partial charge in [0.05, 0.1) is 0 Å². The average Bonchev–Trinajstić information content (AvgIpc) is 2.43. The molecule has 2 rings (SSSR count). The van der Waals surface area contributed by atoms with E-state index in [1.807, 2.05) is 6.07 Å². The van der Waals surface area contributed by atoms with Gasteiger partial charge in [0.1, 0.15) is 18.2 Å². The van der Waals surface area contributed by atoms with E-state index < -0.39 is 0 Å². The molecule has 2 aromatic rings. The van der Waals surface area contributed by atoms with Crippen LogP contribution in [0.2, 0.25) is 0 Å². The fourth-order valence-electron chi connectivity index (χ4n) is 2.20. The molecule has 21 heavy (non-hydrogen) atoms. The molecule has 0 aliphatic heterocycles. The first-order valence-electron chi connectivity index (χ1n) is 7.29. The first kappa shape index (κ1) is 15.4. The lowest BCUT2D eigenvalue weighted by Gasteiger charge is -2.15. The van der Waals surface area contributed by atoms with E-state index in [9.17, 15) is 4.39 Å². The molecule has 0 atom stereocenters. The molecule has 1 N–H and O–H groups in total. The van der Waals surface area contributed by atoms with Crippen LogP contribution < -0.4 is 10.1 Å². The molecule has 0 unspecified atom stereocenters. The van der Waals surface area contributed by atoms with Crippen molar-refractivity contribution in [3.63, 3.8) is 0 Å². The summed E-state index contributed by atoms with van der Waals surface area (Å²) in [4.78, 5) is 0. The van der Waals surface area contributed by atoms with Crippen molar-refractivity contribution in [1.82, 2.24) is 0 Å². The monoisotopic (exact) mass is 287 g/mol. The minimum atomic E-state index is -0.235. The van der Waals surface area contributed by atoms with Crippen molar-refractivity contribution in [2.45, 2.75) is 26.7 Å². The molecule has 2 aromatic carbocycles. The van der Waals surface area contributed by atoms with Crippen LogP contribution in [0.4, 0.5) is 10.1 Å². The normalized spacial score (nSPS) is 10.7. The summed E-state index contributed by atoms with van der Waals surface area (Å²) in [5.74, 6) is 1.13. The van der Waals surface area contributed by atoms with Gasteiger partial charge in [-0.2, -0.15) is 0 Å². The Labute approximate surface area is 126 Å². The summed E-state index contributed by atoms with van der Waals surface area (Å²) in [5.41, 5.74) is 3.17. The minimum absolute atomic E-state index is 0.235. The van der Waals surface area contributed by atoms with E-state index in [1.54, 1.807) is 6.07 Å². The van der Waals surface area contributed by atoms with Crippen molar-refractivity contribution in [1.29, 1.82) is 0 Å². The van der Waals surface area contributed by atoms with Crippen LogP contribution in [-0.2, 0) is 0 Å². The number of nitrogens with one attached hydrogen (secondary N) is 1. The number of rotatable bonds is 6. The third-order valence-electron chi connectivity index (χ3n) is 3.30. The lowest BCUT2D eigenvalue weighted by Crippen LogP contribution is -2.12. The van der Waals surface area contributed by atoms with Gasteiger partial charge in [-0.25, -0.2) is 4.39 Å². The molecule has 0 aromatic heterocycles. The molecule has 0 spiro atoms. The number of benzene rings is 2. The van der Waals surface area contributed by atoms with Gasteiger partial charge in [-0.3, -0.25) is 0 Å². The van der Waals surface area contributed by atoms with E-state index in [0.29, 0.717) is 19.1 Å². The predicted octanol–water partition coefficient (Wildman–Crippen LogP) is 4.75. The van der Waals surface area contributed by atoms with Crippen molar-refractivity contribution >= 4 is 5.69 Å². The smallest absolute Gasteiger partial charge is 0.125 e. The molecular formula is C18H22FNO. The topological polar surface area (TPSA) is 21.3 Å². The fraction of sp³-hybridized carbons (Fsp3) is 0.333. The van der Waals surface area contributed by atoms with Crippen LogP contribution in [0, 0.1) is 12.7 Å². The van der Waals surface area contributed by atoms with Crippen molar-refractivity contribution in [2.24, 2.45) is 0 Å². The molecule has 0 aliphatic rings. The maximum Gasteiger partial charge on any atom is 0.125 e. The lowest BCUT2D eigenvalue weighted by atomic mass is 10.0. The molecule has 3 heteroatoms. The Balaban J connectivity index is 1.90. The molecule has 0 saturated carbocycles. The number of ether oxygens (including phenoxy) is 1. The van der Waals surface area contributed by atoms with Crippen molar-refractivity contribution in [3.8, 4) is 5.75 Å². The van der Waals surface area contributed by atoms with Crippen LogP contribution in [0.3, 0.4) is 0 Å². The summed E-state index contributed by atoms with van der Waals surface area (Å²) in [6, 6.07) is 12.7. The molecule has 0 heterocycles. The highest BCUT2D eigenvalue weighted by Gasteiger charge is 2.07. The molecule has 0 aliphatic carbocycles. The van der Waals surface area contributed by atoms with E-state index in [1.165, 1.54) is 23.3 Å². The van der Waals surface area contributed by atoms with Gasteiger partial charge in [-0.1, -0.05) is 32.0 Å². The molecule has 112 valence electrons. The summed E-state index contributed by atoms with van der Waals surface area (Å²) >= 11 is 0. The zero-order valence-electron chi connectivity index (χ0n) is 12.8. The van der Waals surface area contributed by atoms with Crippen LogP contribution in [0.5, 0.6) is 5.75 Å². The standard InChI is InChI=1S/C18H22FNO/c1-13(2)17-8-7-14(3)11-18(17)21-10-9-20-16-6-4-5-15(19)12-16/h4-8,11-13,20H,9-10H2,1-3H3. The van der Waals surface area contributed by atoms with Crippen molar-refractivity contribution in [3.05, 3.63) is 59.4 Å². The van der Waals surface area contributed by atoms with Gasteiger partial charge in [0.15, 0.2) is 0 Å². The molecule has 0 radical (unpaired) electrons. The highest BCUT2D eigenvalue weighted by atomic mass is 19.1. The largest absolute Gasteiger partial charge is 0.491 e. The molecule has 0 bridgehead atoms. The summed E-state index contributed by atoms with van der Waals surface area (Å²) in [6.45, 7) is 7.54. The number of hydrogen-bond acceptors (Lipinski definition) is 2. The third-order valence-corrected chi connectivity index (χ3v) is 3.30. The summed E-state index contributed by atoms with van der Waals surface area (Å²) in [6.07, 6.45) is 0. The Bertz CT molecular complexity index is 596. The number of hydrogen-bond donors (Lipinski definition) is 1. The van der Waals surface area contributed by atoms with Crippen LogP contribution in [0.25, 0.3) is 0 Å². The quantitative estimate of drug-likeness (QED) is 0.774. The number of aryl methyl sites for hydroxylation is 1. The lowest BCUT2D eigenvalue weighted by molar-refractivity contribution is 0.328. The van der Waals surface area contributed by atoms with Crippen LogP contribution in [-0.4, -0.2) is 13.2 Å². The number of halogens is 1. The SMILES string of the molecule is Cc1ccc(C(C)C)c(OCCNc2cccc(F)c2)c1. The molecule has 0 fully saturated rings. The summed E-state index contributed by atoms with van der Waals surface area (Å²) < 4.78 is 18.9. The van der Waals surface area contributed by atoms with Crippen LogP contribution in [0.15, 0.2) is 42.5 Å². The van der Waals surface area contributed by atoms with Crippen LogP contribution in [0.1, 0.15) is 30.9 Å². The van der Waals surface area contributed by atoms with Crippen LogP contribution >= 0.6 is 0 Å². The minimum Gasteiger partial charge on any atom is -0.491 e. The van der Waals surface area contributed by atoms with Crippen molar-refractivity contribution in [2.75, 3.05) is 18.5 Å². The third kappa shape index (κ3) is 4.48. The Kier molecular flexibility index (Phi) is 5.20. The van der Waals surface area contributed by atoms with E-state index in [2.05, 4.69) is 44.3 Å². The highest BCUT2D eigenvalue weighted by Crippen LogP contribution is 2.27. The first-order chi connectivity index (χ1) is 10.1. The van der Waals surface area contributed by atoms with Gasteiger partial charge in [0.25, 0.3) is 0 Å². The van der Waals surface area contributed by atoms with E-state index in [0.717, 1.165) is 11.4 Å². The summed E-state index contributed by atoms with van der Waals surface area (Å²) in [5, 5.41) is 3.15. The molecule has 0 saturated heterocycles. The average molecular weight is 287 g/mol. The Morgan fingerprint density at radius 2 is 1.95 bits per heavy atom. The zero-order valence-corrected chi connectivity index (χ0v) is 12.8. The van der Waals surface area contributed by atoms with Gasteiger partial charge < -0.3 is 10.1 Å². The van der Waals surface area contributed by atoms with Gasteiger partial charge in [-0.15, -0.1) is 0 Å². The Morgan fingerprint density at radius 3 is 2.67 bits per heavy atom. The fourth-order valence-corrected chi connectivity index (χ4v) is 2.20.